The molecule has 2 aromatic heterocycles. The van der Waals surface area contributed by atoms with Crippen LogP contribution in [-0.2, 0) is 17.4 Å². The molecule has 0 aliphatic heterocycles. The summed E-state index contributed by atoms with van der Waals surface area (Å²) in [5.41, 5.74) is 0.0377. The summed E-state index contributed by atoms with van der Waals surface area (Å²) in [6, 6.07) is 6.77. The molecule has 0 aliphatic carbocycles. The normalized spacial score (nSPS) is 12.6. The van der Waals surface area contributed by atoms with Crippen molar-refractivity contribution < 1.29 is 19.4 Å². The van der Waals surface area contributed by atoms with Crippen molar-refractivity contribution in [3.05, 3.63) is 70.5 Å². The monoisotopic (exact) mass is 542 g/mol. The van der Waals surface area contributed by atoms with Crippen LogP contribution in [0.15, 0.2) is 49.3 Å². The third-order valence-corrected chi connectivity index (χ3v) is 6.46. The van der Waals surface area contributed by atoms with Crippen molar-refractivity contribution in [3.8, 4) is 11.5 Å². The predicted octanol–water partition coefficient (Wildman–Crippen LogP) is 4.81. The van der Waals surface area contributed by atoms with Crippen LogP contribution in [0.25, 0.3) is 10.9 Å². The van der Waals surface area contributed by atoms with Gasteiger partial charge in [-0.15, -0.1) is 0 Å². The van der Waals surface area contributed by atoms with E-state index < -0.39 is 5.60 Å². The van der Waals surface area contributed by atoms with Crippen LogP contribution in [-0.4, -0.2) is 45.0 Å². The predicted molar refractivity (Wildman–Crippen MR) is 143 cm³/mol. The number of rotatable bonds is 8. The van der Waals surface area contributed by atoms with Gasteiger partial charge in [0.15, 0.2) is 5.82 Å². The van der Waals surface area contributed by atoms with E-state index in [1.165, 1.54) is 18.9 Å². The van der Waals surface area contributed by atoms with Gasteiger partial charge in [-0.05, 0) is 24.6 Å². The highest BCUT2D eigenvalue weighted by atomic mass is 35.5. The number of fused-ring (bicyclic) bond motifs is 1. The number of ether oxygens (including phenoxy) is 2. The number of aliphatic hydroxyl groups is 1. The summed E-state index contributed by atoms with van der Waals surface area (Å²) in [5, 5.41) is 22.7. The maximum Gasteiger partial charge on any atom is 0.247 e. The van der Waals surface area contributed by atoms with E-state index in [1.54, 1.807) is 50.6 Å². The number of aryl methyl sites for hydroxylation is 1. The summed E-state index contributed by atoms with van der Waals surface area (Å²) >= 11 is 13.1. The summed E-state index contributed by atoms with van der Waals surface area (Å²) < 4.78 is 12.2. The Hall–Kier alpha value is -3.86. The van der Waals surface area contributed by atoms with Gasteiger partial charge in [-0.1, -0.05) is 41.9 Å². The number of carbonyl (C=O) groups is 1. The van der Waals surface area contributed by atoms with Gasteiger partial charge in [-0.3, -0.25) is 9.48 Å². The zero-order valence-electron chi connectivity index (χ0n) is 20.5. The van der Waals surface area contributed by atoms with Gasteiger partial charge in [0.2, 0.25) is 11.9 Å². The van der Waals surface area contributed by atoms with E-state index in [0.717, 1.165) is 11.5 Å². The maximum atomic E-state index is 11.8. The molecule has 192 valence electrons. The molecule has 1 unspecified atom stereocenters. The quantitative estimate of drug-likeness (QED) is 0.271. The van der Waals surface area contributed by atoms with Crippen LogP contribution in [0.3, 0.4) is 0 Å². The molecule has 0 aliphatic rings. The number of anilines is 3. The molecular weight excluding hydrogens is 519 g/mol. The number of hydrogen-bond acceptors (Lipinski definition) is 8. The van der Waals surface area contributed by atoms with Crippen molar-refractivity contribution in [1.29, 1.82) is 0 Å². The second-order valence-corrected chi connectivity index (χ2v) is 8.96. The fraction of sp³-hybridized carbons (Fsp3) is 0.200. The fourth-order valence-electron chi connectivity index (χ4n) is 3.81. The van der Waals surface area contributed by atoms with Crippen LogP contribution in [0.4, 0.5) is 17.5 Å². The van der Waals surface area contributed by atoms with E-state index in [-0.39, 0.29) is 27.5 Å². The number of halogens is 2. The number of hydrogen-bond donors (Lipinski definition) is 3. The van der Waals surface area contributed by atoms with Gasteiger partial charge < -0.3 is 25.2 Å². The molecule has 0 fully saturated rings. The Labute approximate surface area is 222 Å². The second kappa shape index (κ2) is 10.3. The van der Waals surface area contributed by atoms with Gasteiger partial charge in [-0.25, -0.2) is 9.97 Å². The molecule has 4 aromatic rings. The lowest BCUT2D eigenvalue weighted by molar-refractivity contribution is -0.111. The summed E-state index contributed by atoms with van der Waals surface area (Å²) in [5.74, 6) is 0.817. The summed E-state index contributed by atoms with van der Waals surface area (Å²) in [7, 11) is 4.64. The molecule has 1 amide bonds. The molecule has 2 aromatic carbocycles. The molecule has 12 heteroatoms. The third-order valence-electron chi connectivity index (χ3n) is 5.71. The molecule has 0 radical (unpaired) electrons. The first-order valence-electron chi connectivity index (χ1n) is 10.9. The number of nitrogens with zero attached hydrogens (tertiary/aromatic N) is 4. The summed E-state index contributed by atoms with van der Waals surface area (Å²) in [6.07, 6.45) is 4.42. The Bertz CT molecular complexity index is 1490. The zero-order chi connectivity index (χ0) is 26.9. The van der Waals surface area contributed by atoms with Crippen molar-refractivity contribution >= 4 is 57.5 Å². The molecule has 4 rings (SSSR count). The van der Waals surface area contributed by atoms with Crippen molar-refractivity contribution in [2.24, 2.45) is 7.05 Å². The molecule has 3 N–H and O–H groups in total. The van der Waals surface area contributed by atoms with Gasteiger partial charge in [-0.2, -0.15) is 5.10 Å². The minimum atomic E-state index is -1.63. The van der Waals surface area contributed by atoms with Crippen LogP contribution in [0, 0.1) is 0 Å². The molecule has 0 spiro atoms. The van der Waals surface area contributed by atoms with E-state index in [4.69, 9.17) is 32.7 Å². The first-order chi connectivity index (χ1) is 17.6. The second-order valence-electron chi connectivity index (χ2n) is 8.21. The highest BCUT2D eigenvalue weighted by Gasteiger charge is 2.34. The molecule has 0 bridgehead atoms. The standard InChI is InChI=1S/C25H24Cl2N6O4/c1-6-19(34)29-16-12-33(3)32-23(16)31-24-28-11-13-7-8-14(9-15(13)30-24)25(2,35)20-21(26)17(36-4)10-18(37-5)22(20)27/h6-12,35H,1H2,2-5H3,(H,29,34)(H,28,30,31,32). The summed E-state index contributed by atoms with van der Waals surface area (Å²) in [4.78, 5) is 20.7. The van der Waals surface area contributed by atoms with Gasteiger partial charge >= 0.3 is 0 Å². The van der Waals surface area contributed by atoms with Crippen LogP contribution in [0.1, 0.15) is 18.1 Å². The lowest BCUT2D eigenvalue weighted by atomic mass is 9.87. The van der Waals surface area contributed by atoms with E-state index in [1.807, 2.05) is 0 Å². The minimum Gasteiger partial charge on any atom is -0.495 e. The number of methoxy groups -OCH3 is 2. The molecule has 0 saturated heterocycles. The van der Waals surface area contributed by atoms with Gasteiger partial charge in [0.25, 0.3) is 0 Å². The van der Waals surface area contributed by atoms with Crippen molar-refractivity contribution in [1.82, 2.24) is 19.7 Å². The van der Waals surface area contributed by atoms with E-state index in [2.05, 4.69) is 32.3 Å². The first kappa shape index (κ1) is 26.2. The Morgan fingerprint density at radius 2 is 1.86 bits per heavy atom. The van der Waals surface area contributed by atoms with E-state index in [0.29, 0.717) is 34.1 Å². The lowest BCUT2D eigenvalue weighted by Gasteiger charge is -2.28. The number of benzene rings is 2. The minimum absolute atomic E-state index is 0.160. The molecule has 10 nitrogen and oxygen atoms in total. The molecular formula is C25H24Cl2N6O4. The Kier molecular flexibility index (Phi) is 7.26. The Balaban J connectivity index is 1.75. The van der Waals surface area contributed by atoms with Crippen molar-refractivity contribution in [3.63, 3.8) is 0 Å². The van der Waals surface area contributed by atoms with Crippen molar-refractivity contribution in [2.45, 2.75) is 12.5 Å². The van der Waals surface area contributed by atoms with Crippen molar-refractivity contribution in [2.75, 3.05) is 24.9 Å². The smallest absolute Gasteiger partial charge is 0.247 e. The zero-order valence-corrected chi connectivity index (χ0v) is 22.0. The van der Waals surface area contributed by atoms with Crippen LogP contribution >= 0.6 is 23.2 Å². The topological polar surface area (TPSA) is 123 Å². The summed E-state index contributed by atoms with van der Waals surface area (Å²) in [6.45, 7) is 5.03. The van der Waals surface area contributed by atoms with Crippen LogP contribution < -0.4 is 20.1 Å². The van der Waals surface area contributed by atoms with E-state index >= 15 is 0 Å². The molecule has 0 saturated carbocycles. The molecule has 1 atom stereocenters. The van der Waals surface area contributed by atoms with Crippen LogP contribution in [0.2, 0.25) is 10.0 Å². The molecule has 37 heavy (non-hydrogen) atoms. The molecule has 2 heterocycles. The van der Waals surface area contributed by atoms with Gasteiger partial charge in [0.1, 0.15) is 22.8 Å². The largest absolute Gasteiger partial charge is 0.495 e. The third kappa shape index (κ3) is 5.04. The number of aromatic nitrogens is 4. The highest BCUT2D eigenvalue weighted by Crippen LogP contribution is 2.47. The van der Waals surface area contributed by atoms with E-state index in [9.17, 15) is 9.90 Å². The lowest BCUT2D eigenvalue weighted by Crippen LogP contribution is -2.24. The maximum absolute atomic E-state index is 11.8. The highest BCUT2D eigenvalue weighted by molar-refractivity contribution is 6.38. The fourth-order valence-corrected chi connectivity index (χ4v) is 4.67. The van der Waals surface area contributed by atoms with Gasteiger partial charge in [0.05, 0.1) is 36.0 Å². The SMILES string of the molecule is C=CC(=O)Nc1cn(C)nc1Nc1ncc2ccc(C(C)(O)c3c(Cl)c(OC)cc(OC)c3Cl)cc2n1. The number of nitrogens with one attached hydrogen (secondary N) is 2. The number of amides is 1. The first-order valence-corrected chi connectivity index (χ1v) is 11.7. The van der Waals surface area contributed by atoms with Crippen LogP contribution in [0.5, 0.6) is 11.5 Å². The average Bonchev–Trinajstić information content (AvgIpc) is 3.21. The Morgan fingerprint density at radius 1 is 1.19 bits per heavy atom. The van der Waals surface area contributed by atoms with Gasteiger partial charge in [0, 0.05) is 30.3 Å². The number of carbonyl (C=O) groups excluding carboxylic acids is 1. The Morgan fingerprint density at radius 3 is 2.49 bits per heavy atom. The average molecular weight is 543 g/mol.